The molecule has 16 heavy (non-hydrogen) atoms. The molecule has 0 saturated carbocycles. The highest BCUT2D eigenvalue weighted by Crippen LogP contribution is 2.13. The Morgan fingerprint density at radius 2 is 2.31 bits per heavy atom. The molecule has 0 radical (unpaired) electrons. The number of aromatic nitrogens is 2. The molecule has 0 spiro atoms. The summed E-state index contributed by atoms with van der Waals surface area (Å²) >= 11 is 0. The summed E-state index contributed by atoms with van der Waals surface area (Å²) in [5, 5.41) is 8.39. The van der Waals surface area contributed by atoms with Gasteiger partial charge in [-0.2, -0.15) is 0 Å². The molecule has 0 saturated heterocycles. The molecule has 1 aliphatic carbocycles. The normalized spacial score (nSPS) is 20.4. The first-order valence-corrected chi connectivity index (χ1v) is 5.23. The van der Waals surface area contributed by atoms with Crippen LogP contribution in [0, 0.1) is 0 Å². The lowest BCUT2D eigenvalue weighted by atomic mass is 10.1. The third-order valence-electron chi connectivity index (χ3n) is 2.51. The van der Waals surface area contributed by atoms with Crippen LogP contribution in [0.15, 0.2) is 46.5 Å². The highest BCUT2D eigenvalue weighted by Gasteiger charge is 2.11. The van der Waals surface area contributed by atoms with Crippen molar-refractivity contribution < 1.29 is 4.57 Å². The zero-order valence-electron chi connectivity index (χ0n) is 9.54. The Bertz CT molecular complexity index is 447. The maximum absolute atomic E-state index is 5.72. The predicted molar refractivity (Wildman–Crippen MR) is 60.9 cm³/mol. The second-order valence-corrected chi connectivity index (χ2v) is 3.91. The molecule has 1 aromatic heterocycles. The molecular formula is C11H16N5+. The topological polar surface area (TPSA) is 59.5 Å². The Balaban J connectivity index is 2.14. The van der Waals surface area contributed by atoms with Gasteiger partial charge in [-0.1, -0.05) is 17.3 Å². The minimum absolute atomic E-state index is 0.116. The minimum Gasteiger partial charge on any atom is -0.324 e. The van der Waals surface area contributed by atoms with E-state index in [1.807, 2.05) is 53.9 Å². The maximum atomic E-state index is 5.72. The van der Waals surface area contributed by atoms with E-state index in [4.69, 9.17) is 5.73 Å². The summed E-state index contributed by atoms with van der Waals surface area (Å²) in [7, 11) is 3.88. The molecule has 2 N–H and O–H groups in total. The average molecular weight is 218 g/mol. The fraction of sp³-hybridized carbons (Fsp3) is 0.364. The summed E-state index contributed by atoms with van der Waals surface area (Å²) in [6.45, 7) is 0. The van der Waals surface area contributed by atoms with Gasteiger partial charge in [0.15, 0.2) is 0 Å². The van der Waals surface area contributed by atoms with Crippen LogP contribution >= 0.6 is 0 Å². The molecule has 5 nitrogen and oxygen atoms in total. The Morgan fingerprint density at radius 1 is 1.50 bits per heavy atom. The van der Waals surface area contributed by atoms with Gasteiger partial charge in [0.1, 0.15) is 0 Å². The Morgan fingerprint density at radius 3 is 2.88 bits per heavy atom. The van der Waals surface area contributed by atoms with Crippen molar-refractivity contribution in [2.75, 3.05) is 0 Å². The zero-order chi connectivity index (χ0) is 11.5. The van der Waals surface area contributed by atoms with Gasteiger partial charge in [0.2, 0.25) is 0 Å². The minimum atomic E-state index is 0.116. The monoisotopic (exact) mass is 218 g/mol. The van der Waals surface area contributed by atoms with E-state index in [1.165, 1.54) is 0 Å². The second kappa shape index (κ2) is 4.40. The molecule has 0 amide bonds. The van der Waals surface area contributed by atoms with E-state index in [9.17, 15) is 0 Å². The van der Waals surface area contributed by atoms with Crippen molar-refractivity contribution >= 4 is 5.95 Å². The summed E-state index contributed by atoms with van der Waals surface area (Å²) in [5.41, 5.74) is 6.59. The second-order valence-electron chi connectivity index (χ2n) is 3.91. The number of rotatable bonds is 2. The Kier molecular flexibility index (Phi) is 2.96. The highest BCUT2D eigenvalue weighted by atomic mass is 15.3. The summed E-state index contributed by atoms with van der Waals surface area (Å²) in [4.78, 5) is 0. The van der Waals surface area contributed by atoms with E-state index in [-0.39, 0.29) is 6.04 Å². The molecular weight excluding hydrogens is 202 g/mol. The molecule has 84 valence electrons. The van der Waals surface area contributed by atoms with Crippen LogP contribution in [0.4, 0.5) is 5.95 Å². The SMILES string of the molecule is Cn1cc[n+](C)c1N=NC1=CCC(N)C=C1. The fourth-order valence-corrected chi connectivity index (χ4v) is 1.53. The van der Waals surface area contributed by atoms with Crippen molar-refractivity contribution in [3.05, 3.63) is 36.3 Å². The number of azo groups is 1. The van der Waals surface area contributed by atoms with Crippen molar-refractivity contribution in [2.45, 2.75) is 12.5 Å². The first-order chi connectivity index (χ1) is 7.66. The highest BCUT2D eigenvalue weighted by molar-refractivity contribution is 5.24. The van der Waals surface area contributed by atoms with Crippen LogP contribution < -0.4 is 10.3 Å². The van der Waals surface area contributed by atoms with Crippen LogP contribution in [0.5, 0.6) is 0 Å². The third kappa shape index (κ3) is 2.25. The molecule has 1 aromatic rings. The number of nitrogens with two attached hydrogens (primary N) is 1. The van der Waals surface area contributed by atoms with Crippen molar-refractivity contribution in [1.82, 2.24) is 4.57 Å². The lowest BCUT2D eigenvalue weighted by molar-refractivity contribution is -0.657. The molecule has 1 heterocycles. The molecule has 2 rings (SSSR count). The first kappa shape index (κ1) is 10.8. The number of imidazole rings is 1. The van der Waals surface area contributed by atoms with Crippen LogP contribution in [0.1, 0.15) is 6.42 Å². The third-order valence-corrected chi connectivity index (χ3v) is 2.51. The molecule has 5 heteroatoms. The number of nitrogens with zero attached hydrogens (tertiary/aromatic N) is 4. The van der Waals surface area contributed by atoms with Gasteiger partial charge in [-0.05, 0) is 12.5 Å². The zero-order valence-corrected chi connectivity index (χ0v) is 9.54. The molecule has 0 aromatic carbocycles. The standard InChI is InChI=1S/C11H16N5/c1-15-7-8-16(2)11(15)14-13-10-5-3-9(12)4-6-10/h3,5-9H,4,12H2,1-2H3/q+1. The van der Waals surface area contributed by atoms with E-state index < -0.39 is 0 Å². The summed E-state index contributed by atoms with van der Waals surface area (Å²) in [6.07, 6.45) is 10.5. The van der Waals surface area contributed by atoms with E-state index in [1.54, 1.807) is 0 Å². The number of aryl methyl sites for hydroxylation is 2. The number of allylic oxidation sites excluding steroid dienone is 1. The van der Waals surface area contributed by atoms with Crippen LogP contribution in [0.2, 0.25) is 0 Å². The van der Waals surface area contributed by atoms with Crippen LogP contribution in [0.25, 0.3) is 0 Å². The molecule has 1 atom stereocenters. The first-order valence-electron chi connectivity index (χ1n) is 5.23. The van der Waals surface area contributed by atoms with Gasteiger partial charge in [0.25, 0.3) is 0 Å². The van der Waals surface area contributed by atoms with E-state index in [0.717, 1.165) is 18.1 Å². The van der Waals surface area contributed by atoms with Gasteiger partial charge in [0.05, 0.1) is 32.2 Å². The van der Waals surface area contributed by atoms with E-state index in [0.29, 0.717) is 0 Å². The van der Waals surface area contributed by atoms with Gasteiger partial charge >= 0.3 is 5.95 Å². The summed E-state index contributed by atoms with van der Waals surface area (Å²) in [5.74, 6) is 0.809. The van der Waals surface area contributed by atoms with Gasteiger partial charge in [-0.15, -0.1) is 0 Å². The Hall–Kier alpha value is -1.75. The van der Waals surface area contributed by atoms with Gasteiger partial charge in [0, 0.05) is 11.2 Å². The van der Waals surface area contributed by atoms with Crippen LogP contribution in [-0.2, 0) is 14.1 Å². The largest absolute Gasteiger partial charge is 0.421 e. The van der Waals surface area contributed by atoms with Crippen molar-refractivity contribution in [3.63, 3.8) is 0 Å². The molecule has 1 unspecified atom stereocenters. The van der Waals surface area contributed by atoms with Crippen molar-refractivity contribution in [1.29, 1.82) is 0 Å². The fourth-order valence-electron chi connectivity index (χ4n) is 1.53. The van der Waals surface area contributed by atoms with Crippen molar-refractivity contribution in [2.24, 2.45) is 30.1 Å². The molecule has 0 bridgehead atoms. The van der Waals surface area contributed by atoms with E-state index >= 15 is 0 Å². The summed E-state index contributed by atoms with van der Waals surface area (Å²) in [6, 6.07) is 0.116. The van der Waals surface area contributed by atoms with Gasteiger partial charge in [-0.3, -0.25) is 0 Å². The Labute approximate surface area is 94.6 Å². The number of hydrogen-bond donors (Lipinski definition) is 1. The quantitative estimate of drug-likeness (QED) is 0.586. The van der Waals surface area contributed by atoms with Crippen LogP contribution in [-0.4, -0.2) is 10.6 Å². The van der Waals surface area contributed by atoms with Gasteiger partial charge < -0.3 is 5.73 Å². The number of hydrogen-bond acceptors (Lipinski definition) is 3. The molecule has 1 aliphatic rings. The maximum Gasteiger partial charge on any atom is 0.421 e. The van der Waals surface area contributed by atoms with Gasteiger partial charge in [-0.25, -0.2) is 9.13 Å². The molecule has 0 aliphatic heterocycles. The average Bonchev–Trinajstić information content (AvgIpc) is 2.59. The van der Waals surface area contributed by atoms with E-state index in [2.05, 4.69) is 10.2 Å². The lowest BCUT2D eigenvalue weighted by Gasteiger charge is -2.06. The van der Waals surface area contributed by atoms with Crippen molar-refractivity contribution in [3.8, 4) is 0 Å². The summed E-state index contributed by atoms with van der Waals surface area (Å²) < 4.78 is 3.84. The van der Waals surface area contributed by atoms with Crippen LogP contribution in [0.3, 0.4) is 0 Å². The lowest BCUT2D eigenvalue weighted by Crippen LogP contribution is -2.25. The predicted octanol–water partition coefficient (Wildman–Crippen LogP) is 1.10. The smallest absolute Gasteiger partial charge is 0.324 e. The molecule has 0 fully saturated rings.